The Morgan fingerprint density at radius 1 is 0.844 bits per heavy atom. The van der Waals surface area contributed by atoms with Crippen molar-refractivity contribution < 1.29 is 29.3 Å². The molecule has 0 unspecified atom stereocenters. The van der Waals surface area contributed by atoms with Crippen LogP contribution < -0.4 is 5.32 Å². The van der Waals surface area contributed by atoms with Crippen molar-refractivity contribution in [2.45, 2.75) is 83.5 Å². The topological polar surface area (TPSA) is 108 Å². The van der Waals surface area contributed by atoms with Crippen LogP contribution >= 0.6 is 0 Å². The minimum absolute atomic E-state index is 0.00386. The van der Waals surface area contributed by atoms with E-state index in [9.17, 15) is 14.7 Å². The summed E-state index contributed by atoms with van der Waals surface area (Å²) in [7, 11) is 0. The van der Waals surface area contributed by atoms with Crippen molar-refractivity contribution in [2.24, 2.45) is 5.92 Å². The highest BCUT2D eigenvalue weighted by Crippen LogP contribution is 2.42. The molecule has 0 aliphatic carbocycles. The number of carboxylic acids is 1. The third kappa shape index (κ3) is 9.01. The van der Waals surface area contributed by atoms with E-state index in [0.29, 0.717) is 6.54 Å². The van der Waals surface area contributed by atoms with Crippen molar-refractivity contribution in [2.75, 3.05) is 19.6 Å². The third-order valence-electron chi connectivity index (χ3n) is 9.06. The van der Waals surface area contributed by atoms with Gasteiger partial charge < -0.3 is 29.9 Å². The van der Waals surface area contributed by atoms with Gasteiger partial charge in [0, 0.05) is 31.0 Å². The molecule has 45 heavy (non-hydrogen) atoms. The molecule has 1 amide bonds. The number of carbonyl (C=O) groups is 2. The summed E-state index contributed by atoms with van der Waals surface area (Å²) in [4.78, 5) is 25.5. The van der Waals surface area contributed by atoms with E-state index in [0.717, 1.165) is 53.0 Å². The van der Waals surface area contributed by atoms with Crippen LogP contribution in [0.15, 0.2) is 72.8 Å². The number of hydrogen-bond acceptors (Lipinski definition) is 6. The second kappa shape index (κ2) is 16.1. The van der Waals surface area contributed by atoms with Crippen molar-refractivity contribution in [1.82, 2.24) is 10.2 Å². The van der Waals surface area contributed by atoms with Crippen LogP contribution in [0.25, 0.3) is 11.1 Å². The third-order valence-corrected chi connectivity index (χ3v) is 9.06. The van der Waals surface area contributed by atoms with Crippen molar-refractivity contribution in [1.29, 1.82) is 0 Å². The zero-order valence-corrected chi connectivity index (χ0v) is 26.2. The van der Waals surface area contributed by atoms with Crippen LogP contribution in [0.3, 0.4) is 0 Å². The summed E-state index contributed by atoms with van der Waals surface area (Å²) in [6.45, 7) is 5.62. The average Bonchev–Trinajstić information content (AvgIpc) is 3.05. The fourth-order valence-corrected chi connectivity index (χ4v) is 6.36. The van der Waals surface area contributed by atoms with Crippen LogP contribution in [-0.2, 0) is 32.2 Å². The maximum Gasteiger partial charge on any atom is 0.303 e. The number of nitrogens with one attached hydrogen (secondary N) is 1. The highest BCUT2D eigenvalue weighted by atomic mass is 16.7. The monoisotopic (exact) mass is 614 g/mol. The molecule has 2 aliphatic rings. The highest BCUT2D eigenvalue weighted by Gasteiger charge is 2.39. The van der Waals surface area contributed by atoms with Crippen molar-refractivity contribution in [3.8, 4) is 11.1 Å². The van der Waals surface area contributed by atoms with Gasteiger partial charge >= 0.3 is 5.97 Å². The molecule has 3 aromatic rings. The predicted octanol–water partition coefficient (Wildman–Crippen LogP) is 6.38. The van der Waals surface area contributed by atoms with Crippen LogP contribution in [-0.4, -0.2) is 52.7 Å². The van der Waals surface area contributed by atoms with Crippen LogP contribution in [0.4, 0.5) is 0 Å². The first-order valence-corrected chi connectivity index (χ1v) is 16.3. The van der Waals surface area contributed by atoms with Gasteiger partial charge in [0.2, 0.25) is 5.91 Å². The maximum atomic E-state index is 12.1. The molecule has 2 saturated heterocycles. The Morgan fingerprint density at radius 3 is 2.20 bits per heavy atom. The van der Waals surface area contributed by atoms with Gasteiger partial charge in [-0.15, -0.1) is 0 Å². The summed E-state index contributed by atoms with van der Waals surface area (Å²) in [6, 6.07) is 24.2. The Balaban J connectivity index is 1.34. The van der Waals surface area contributed by atoms with Gasteiger partial charge in [0.05, 0.1) is 25.2 Å². The predicted molar refractivity (Wildman–Crippen MR) is 173 cm³/mol. The van der Waals surface area contributed by atoms with E-state index in [1.165, 1.54) is 32.1 Å². The quantitative estimate of drug-likeness (QED) is 0.230. The minimum atomic E-state index is -0.986. The fourth-order valence-electron chi connectivity index (χ4n) is 6.36. The first-order valence-electron chi connectivity index (χ1n) is 16.3. The lowest BCUT2D eigenvalue weighted by Gasteiger charge is -2.43. The smallest absolute Gasteiger partial charge is 0.303 e. The summed E-state index contributed by atoms with van der Waals surface area (Å²) < 4.78 is 13.4. The second-order valence-electron chi connectivity index (χ2n) is 12.3. The molecule has 2 heterocycles. The molecule has 2 aliphatic heterocycles. The van der Waals surface area contributed by atoms with E-state index in [1.807, 2.05) is 36.4 Å². The number of benzene rings is 3. The zero-order valence-electron chi connectivity index (χ0n) is 26.2. The fraction of sp³-hybridized carbons (Fsp3) is 0.459. The van der Waals surface area contributed by atoms with Crippen LogP contribution in [0.2, 0.25) is 0 Å². The Morgan fingerprint density at radius 2 is 1.51 bits per heavy atom. The van der Waals surface area contributed by atoms with Gasteiger partial charge in [0.1, 0.15) is 0 Å². The van der Waals surface area contributed by atoms with Gasteiger partial charge in [0.25, 0.3) is 0 Å². The van der Waals surface area contributed by atoms with E-state index >= 15 is 0 Å². The molecule has 4 atom stereocenters. The number of carboxylic acid groups (broad SMARTS) is 1. The van der Waals surface area contributed by atoms with Gasteiger partial charge in [0.15, 0.2) is 6.29 Å². The Hall–Kier alpha value is -3.56. The molecule has 8 heteroatoms. The number of carbonyl (C=O) groups excluding carboxylic acids is 1. The number of aliphatic hydroxyl groups excluding tert-OH is 1. The first-order chi connectivity index (χ1) is 21.9. The average molecular weight is 615 g/mol. The Bertz CT molecular complexity index is 1380. The van der Waals surface area contributed by atoms with Gasteiger partial charge in [-0.3, -0.25) is 9.59 Å². The summed E-state index contributed by atoms with van der Waals surface area (Å²) in [5, 5.41) is 21.3. The van der Waals surface area contributed by atoms with E-state index in [4.69, 9.17) is 14.6 Å². The number of aliphatic hydroxyl groups is 1. The van der Waals surface area contributed by atoms with Crippen LogP contribution in [0.1, 0.15) is 86.5 Å². The number of aliphatic carboxylic acids is 1. The van der Waals surface area contributed by atoms with E-state index in [-0.39, 0.29) is 43.5 Å². The standard InChI is InChI=1S/C37H46N2O6/c1-26-33(24-39-21-7-3-2-4-8-22-39)44-37(45-36(26)29-13-11-27(25-40)12-14-29)30-17-15-28(16-18-30)32-10-6-5-9-31(32)23-38-34(41)19-20-35(42)43/h5-6,9-18,26,33,36-37,40H,2-4,7-8,19-25H2,1H3,(H,38,41)(H,42,43)/t26-,33+,36+,37+/m0/s1. The van der Waals surface area contributed by atoms with Gasteiger partial charge in [-0.2, -0.15) is 0 Å². The Kier molecular flexibility index (Phi) is 11.8. The van der Waals surface area contributed by atoms with Gasteiger partial charge in [-0.1, -0.05) is 99.0 Å². The van der Waals surface area contributed by atoms with Crippen molar-refractivity contribution in [3.63, 3.8) is 0 Å². The lowest BCUT2D eigenvalue weighted by atomic mass is 9.89. The second-order valence-corrected chi connectivity index (χ2v) is 12.3. The van der Waals surface area contributed by atoms with Crippen LogP contribution in [0.5, 0.6) is 0 Å². The number of rotatable bonds is 11. The summed E-state index contributed by atoms with van der Waals surface area (Å²) >= 11 is 0. The highest BCUT2D eigenvalue weighted by molar-refractivity contribution is 5.80. The maximum absolute atomic E-state index is 12.1. The molecule has 0 radical (unpaired) electrons. The van der Waals surface area contributed by atoms with E-state index in [1.54, 1.807) is 0 Å². The Labute approximate surface area is 266 Å². The molecule has 5 rings (SSSR count). The van der Waals surface area contributed by atoms with E-state index in [2.05, 4.69) is 53.5 Å². The molecular formula is C37H46N2O6. The molecule has 0 spiro atoms. The summed E-state index contributed by atoms with van der Waals surface area (Å²) in [5.41, 5.74) is 5.86. The lowest BCUT2D eigenvalue weighted by molar-refractivity contribution is -0.276. The molecular weight excluding hydrogens is 568 g/mol. The number of nitrogens with zero attached hydrogens (tertiary/aromatic N) is 1. The first kappa shape index (κ1) is 32.8. The van der Waals surface area contributed by atoms with Crippen molar-refractivity contribution >= 4 is 11.9 Å². The SMILES string of the molecule is C[C@H]1[C@@H](CN2CCCCCCC2)O[C@@H](c2ccc(-c3ccccc3CNC(=O)CCC(=O)O)cc2)O[C@H]1c1ccc(CO)cc1. The largest absolute Gasteiger partial charge is 0.481 e. The number of hydrogen-bond donors (Lipinski definition) is 3. The molecule has 0 saturated carbocycles. The summed E-state index contributed by atoms with van der Waals surface area (Å²) in [6.07, 6.45) is 5.44. The zero-order chi connectivity index (χ0) is 31.6. The van der Waals surface area contributed by atoms with Crippen LogP contribution in [0, 0.1) is 5.92 Å². The van der Waals surface area contributed by atoms with Crippen molar-refractivity contribution in [3.05, 3.63) is 95.1 Å². The summed E-state index contributed by atoms with van der Waals surface area (Å²) in [5.74, 6) is -1.13. The molecule has 0 aromatic heterocycles. The molecule has 3 N–H and O–H groups in total. The van der Waals surface area contributed by atoms with Gasteiger partial charge in [-0.05, 0) is 53.7 Å². The number of amides is 1. The minimum Gasteiger partial charge on any atom is -0.481 e. The number of ether oxygens (including phenoxy) is 2. The molecule has 240 valence electrons. The van der Waals surface area contributed by atoms with E-state index < -0.39 is 12.3 Å². The normalized spacial score (nSPS) is 22.7. The number of likely N-dealkylation sites (tertiary alicyclic amines) is 1. The molecule has 3 aromatic carbocycles. The lowest BCUT2D eigenvalue weighted by Crippen LogP contribution is -2.45. The van der Waals surface area contributed by atoms with Gasteiger partial charge in [-0.25, -0.2) is 0 Å². The molecule has 2 fully saturated rings. The molecule has 0 bridgehead atoms. The molecule has 8 nitrogen and oxygen atoms in total.